The molecule has 7 heteroatoms. The summed E-state index contributed by atoms with van der Waals surface area (Å²) >= 11 is 0. The number of nitro benzene ring substituents is 1. The van der Waals surface area contributed by atoms with Crippen molar-refractivity contribution in [3.8, 4) is 0 Å². The van der Waals surface area contributed by atoms with Crippen LogP contribution in [0.2, 0.25) is 0 Å². The van der Waals surface area contributed by atoms with Gasteiger partial charge in [-0.3, -0.25) is 15.5 Å². The zero-order valence-corrected chi connectivity index (χ0v) is 8.29. The summed E-state index contributed by atoms with van der Waals surface area (Å²) in [6.07, 6.45) is 0. The van der Waals surface area contributed by atoms with Crippen molar-refractivity contribution >= 4 is 11.6 Å². The third kappa shape index (κ3) is 2.13. The highest BCUT2D eigenvalue weighted by atomic mass is 19.1. The summed E-state index contributed by atoms with van der Waals surface area (Å²) in [5, 5.41) is 17.6. The molecule has 0 fully saturated rings. The molecule has 0 aliphatic heterocycles. The molecule has 0 amide bonds. The van der Waals surface area contributed by atoms with Crippen molar-refractivity contribution in [2.75, 3.05) is 6.61 Å². The van der Waals surface area contributed by atoms with Crippen molar-refractivity contribution in [2.45, 2.75) is 6.92 Å². The van der Waals surface area contributed by atoms with Crippen molar-refractivity contribution in [3.63, 3.8) is 0 Å². The van der Waals surface area contributed by atoms with E-state index in [0.717, 1.165) is 6.07 Å². The third-order valence-electron chi connectivity index (χ3n) is 1.78. The van der Waals surface area contributed by atoms with Crippen LogP contribution < -0.4 is 0 Å². The monoisotopic (exact) mass is 230 g/mol. The van der Waals surface area contributed by atoms with Gasteiger partial charge < -0.3 is 4.74 Å². The normalized spacial score (nSPS) is 9.94. The van der Waals surface area contributed by atoms with Gasteiger partial charge in [0.05, 0.1) is 11.5 Å². The highest BCUT2D eigenvalue weighted by molar-refractivity contribution is 5.92. The average molecular weight is 230 g/mol. The van der Waals surface area contributed by atoms with E-state index in [-0.39, 0.29) is 6.61 Å². The number of nitrogens with one attached hydrogen (secondary N) is 1. The second-order valence-corrected chi connectivity index (χ2v) is 2.77. The quantitative estimate of drug-likeness (QED) is 0.374. The van der Waals surface area contributed by atoms with Gasteiger partial charge in [0.15, 0.2) is 0 Å². The number of ether oxygens (including phenoxy) is 1. The van der Waals surface area contributed by atoms with Crippen LogP contribution >= 0.6 is 0 Å². The van der Waals surface area contributed by atoms with Gasteiger partial charge in [0.1, 0.15) is 11.4 Å². The highest BCUT2D eigenvalue weighted by Gasteiger charge is 2.24. The second kappa shape index (κ2) is 4.65. The van der Waals surface area contributed by atoms with E-state index < -0.39 is 33.7 Å². The van der Waals surface area contributed by atoms with Crippen LogP contribution in [0.25, 0.3) is 0 Å². The molecule has 0 spiro atoms. The zero-order chi connectivity index (χ0) is 12.3. The van der Waals surface area contributed by atoms with Crippen molar-refractivity contribution in [1.82, 2.24) is 0 Å². The molecular formula is C9H8F2N2O3. The molecule has 1 aromatic carbocycles. The van der Waals surface area contributed by atoms with E-state index in [4.69, 9.17) is 5.41 Å². The molecule has 0 aliphatic rings. The lowest BCUT2D eigenvalue weighted by atomic mass is 10.1. The summed E-state index contributed by atoms with van der Waals surface area (Å²) in [5.41, 5.74) is -1.71. The number of nitrogens with zero attached hydrogens (tertiary/aromatic N) is 1. The van der Waals surface area contributed by atoms with E-state index in [1.54, 1.807) is 0 Å². The molecule has 16 heavy (non-hydrogen) atoms. The first kappa shape index (κ1) is 12.0. The number of benzene rings is 1. The predicted molar refractivity (Wildman–Crippen MR) is 51.5 cm³/mol. The molecule has 0 saturated heterocycles. The fourth-order valence-corrected chi connectivity index (χ4v) is 1.11. The van der Waals surface area contributed by atoms with Gasteiger partial charge in [-0.1, -0.05) is 0 Å². The van der Waals surface area contributed by atoms with Gasteiger partial charge >= 0.3 is 5.69 Å². The van der Waals surface area contributed by atoms with Crippen LogP contribution in [0.15, 0.2) is 12.1 Å². The SMILES string of the molecule is CCOC(=N)c1c(F)ccc([N+](=O)[O-])c1F. The Morgan fingerprint density at radius 1 is 1.56 bits per heavy atom. The van der Waals surface area contributed by atoms with Crippen molar-refractivity contribution in [3.05, 3.63) is 39.4 Å². The van der Waals surface area contributed by atoms with Crippen LogP contribution in [0, 0.1) is 27.2 Å². The summed E-state index contributed by atoms with van der Waals surface area (Å²) in [4.78, 5) is 9.41. The Bertz CT molecular complexity index is 449. The first-order valence-corrected chi connectivity index (χ1v) is 4.33. The number of rotatable bonds is 3. The second-order valence-electron chi connectivity index (χ2n) is 2.77. The van der Waals surface area contributed by atoms with Crippen molar-refractivity contribution in [2.24, 2.45) is 0 Å². The minimum atomic E-state index is -1.40. The fourth-order valence-electron chi connectivity index (χ4n) is 1.11. The smallest absolute Gasteiger partial charge is 0.305 e. The topological polar surface area (TPSA) is 76.2 Å². The van der Waals surface area contributed by atoms with Crippen molar-refractivity contribution < 1.29 is 18.4 Å². The largest absolute Gasteiger partial charge is 0.478 e. The molecule has 0 aliphatic carbocycles. The zero-order valence-electron chi connectivity index (χ0n) is 8.29. The number of nitro groups is 1. The summed E-state index contributed by atoms with van der Waals surface area (Å²) in [5.74, 6) is -3.23. The first-order valence-electron chi connectivity index (χ1n) is 4.33. The maximum Gasteiger partial charge on any atom is 0.305 e. The Morgan fingerprint density at radius 2 is 2.19 bits per heavy atom. The van der Waals surface area contributed by atoms with Gasteiger partial charge in [-0.2, -0.15) is 4.39 Å². The molecule has 0 aromatic heterocycles. The average Bonchev–Trinajstić information content (AvgIpc) is 2.17. The summed E-state index contributed by atoms with van der Waals surface area (Å²) in [7, 11) is 0. The molecule has 0 saturated carbocycles. The van der Waals surface area contributed by atoms with Gasteiger partial charge in [0.25, 0.3) is 0 Å². The Balaban J connectivity index is 3.31. The first-order chi connectivity index (χ1) is 7.49. The van der Waals surface area contributed by atoms with E-state index >= 15 is 0 Å². The van der Waals surface area contributed by atoms with E-state index in [2.05, 4.69) is 4.74 Å². The van der Waals surface area contributed by atoms with Gasteiger partial charge in [-0.25, -0.2) is 4.39 Å². The molecule has 0 atom stereocenters. The standard InChI is InChI=1S/C9H8F2N2O3/c1-2-16-9(12)7-5(10)3-4-6(8(7)11)13(14)15/h3-4,12H,2H2,1H3. The molecule has 0 heterocycles. The van der Waals surface area contributed by atoms with Crippen LogP contribution in [-0.4, -0.2) is 17.4 Å². The van der Waals surface area contributed by atoms with Gasteiger partial charge in [0, 0.05) is 6.07 Å². The Kier molecular flexibility index (Phi) is 3.49. The minimum Gasteiger partial charge on any atom is -0.478 e. The lowest BCUT2D eigenvalue weighted by Crippen LogP contribution is -2.11. The van der Waals surface area contributed by atoms with Crippen LogP contribution in [-0.2, 0) is 4.74 Å². The maximum atomic E-state index is 13.5. The van der Waals surface area contributed by atoms with E-state index in [9.17, 15) is 18.9 Å². The molecular weight excluding hydrogens is 222 g/mol. The molecule has 0 unspecified atom stereocenters. The molecule has 5 nitrogen and oxygen atoms in total. The lowest BCUT2D eigenvalue weighted by molar-refractivity contribution is -0.387. The summed E-state index contributed by atoms with van der Waals surface area (Å²) in [6, 6.07) is 1.43. The molecule has 1 rings (SSSR count). The molecule has 1 N–H and O–H groups in total. The minimum absolute atomic E-state index is 0.0421. The van der Waals surface area contributed by atoms with Gasteiger partial charge in [-0.05, 0) is 13.0 Å². The van der Waals surface area contributed by atoms with Crippen molar-refractivity contribution in [1.29, 1.82) is 5.41 Å². The number of halogens is 2. The summed E-state index contributed by atoms with van der Waals surface area (Å²) in [6.45, 7) is 1.57. The van der Waals surface area contributed by atoms with Crippen LogP contribution in [0.1, 0.15) is 12.5 Å². The summed E-state index contributed by atoms with van der Waals surface area (Å²) < 4.78 is 31.2. The lowest BCUT2D eigenvalue weighted by Gasteiger charge is -2.07. The number of hydrogen-bond donors (Lipinski definition) is 1. The van der Waals surface area contributed by atoms with Crippen LogP contribution in [0.3, 0.4) is 0 Å². The molecule has 0 bridgehead atoms. The van der Waals surface area contributed by atoms with Crippen LogP contribution in [0.5, 0.6) is 0 Å². The fraction of sp³-hybridized carbons (Fsp3) is 0.222. The third-order valence-corrected chi connectivity index (χ3v) is 1.78. The maximum absolute atomic E-state index is 13.5. The Labute approximate surface area is 89.3 Å². The van der Waals surface area contributed by atoms with E-state index in [0.29, 0.717) is 6.07 Å². The highest BCUT2D eigenvalue weighted by Crippen LogP contribution is 2.23. The Hall–Kier alpha value is -2.05. The molecule has 1 aromatic rings. The predicted octanol–water partition coefficient (Wildman–Crippen LogP) is 2.23. The molecule has 86 valence electrons. The van der Waals surface area contributed by atoms with E-state index in [1.165, 1.54) is 6.92 Å². The molecule has 0 radical (unpaired) electrons. The van der Waals surface area contributed by atoms with Gasteiger partial charge in [0.2, 0.25) is 11.7 Å². The van der Waals surface area contributed by atoms with E-state index in [1.807, 2.05) is 0 Å². The Morgan fingerprint density at radius 3 is 2.69 bits per heavy atom. The van der Waals surface area contributed by atoms with Crippen LogP contribution in [0.4, 0.5) is 14.5 Å². The van der Waals surface area contributed by atoms with Gasteiger partial charge in [-0.15, -0.1) is 0 Å². The number of hydrogen-bond acceptors (Lipinski definition) is 4.